The average molecular weight is 1560 g/mol. The van der Waals surface area contributed by atoms with E-state index in [-0.39, 0.29) is 123 Å². The maximum absolute atomic E-state index is 13.0. The molecule has 0 spiro atoms. The predicted octanol–water partition coefficient (Wildman–Crippen LogP) is 14.2. The Bertz CT molecular complexity index is 3290. The summed E-state index contributed by atoms with van der Waals surface area (Å²) in [6, 6.07) is 26.9. The SMILES string of the molecule is CC(=O)CCl.CC(C)(C)OC(=O)CC/C(=C\F)CBr.Cc1coc(-c2ccc(O)cc2)n1.Cc1coc(-c2ccc(OC/C(=C/F)CCC(=O)OC(C)(C)C)cc2)n1.Cc1coc(-c2ccc(OC/C(=C/F)CN)cc2)n1.Cl.NC(=O)c1ccc(O)cc1.[B][BH3-].[CH3-].[W]. The molecule has 92 heavy (non-hydrogen) atoms. The van der Waals surface area contributed by atoms with Crippen LogP contribution in [0.5, 0.6) is 23.0 Å². The van der Waals surface area contributed by atoms with Crippen LogP contribution in [0.1, 0.15) is 102 Å². The Morgan fingerprint density at radius 2 is 0.902 bits per heavy atom. The summed E-state index contributed by atoms with van der Waals surface area (Å²) >= 11 is 8.11. The van der Waals surface area contributed by atoms with E-state index in [9.17, 15) is 32.3 Å². The summed E-state index contributed by atoms with van der Waals surface area (Å²) in [5, 5.41) is 18.3. The number of halogens is 6. The maximum atomic E-state index is 13.0. The van der Waals surface area contributed by atoms with Gasteiger partial charge in [-0.25, -0.2) is 28.1 Å². The first kappa shape index (κ1) is 88.8. The standard InChI is InChI=1S/C20H24FNO4.C14H15FN2O2.C10H16BrFO2.C10H9NO2.C7H7NO2.C3H5ClO.CH3.B2H3.ClH.W/c1-14-12-25-19(22-14)16-6-8-17(9-7-16)24-13-15(11-21)5-10-18(23)26-20(2,3)4;1-10-8-19-14(17-10)12-2-4-13(5-3-12)18-9-11(6-15)7-16;1-10(2,3)14-9(13)5-4-8(6-11)7-12;1-7-6-13-10(11-7)8-2-4-9(12)5-3-8;8-7(10)5-1-3-6(9)4-2-5;1-3(5)2-4;;1-2;;/h6-9,11-12H,5,10,13H2,1-4H3;2-6,8H,7,9,16H2,1H3;7H,4-6H2,1-3H3;2-6,12H,1H3;1-4,9H,(H2,8,10);2H2,1H3;1H3;1H3;1H;/q;;;;;;2*-1;;/b15-11+;11-6+;8-7+;;;;;;;. The van der Waals surface area contributed by atoms with Crippen LogP contribution in [0.25, 0.3) is 34.4 Å². The van der Waals surface area contributed by atoms with Gasteiger partial charge in [0.2, 0.25) is 23.6 Å². The monoisotopic (exact) mass is 1550 g/mol. The summed E-state index contributed by atoms with van der Waals surface area (Å²) in [6.07, 6.45) is 7.24. The van der Waals surface area contributed by atoms with Crippen LogP contribution in [0.2, 0.25) is 0 Å². The van der Waals surface area contributed by atoms with Gasteiger partial charge in [0, 0.05) is 73.6 Å². The van der Waals surface area contributed by atoms with Crippen molar-refractivity contribution in [3.8, 4) is 57.4 Å². The number of amides is 1. The number of ketones is 1. The van der Waals surface area contributed by atoms with Gasteiger partial charge in [-0.3, -0.25) is 19.2 Å². The van der Waals surface area contributed by atoms with E-state index in [4.69, 9.17) is 73.2 Å². The predicted molar refractivity (Wildman–Crippen MR) is 361 cm³/mol. The van der Waals surface area contributed by atoms with E-state index in [1.807, 2.05) is 45.0 Å². The number of nitrogens with two attached hydrogens (primary N) is 2. The fraction of sp³-hybridized carbons (Fsp3) is 0.323. The molecule has 0 aliphatic heterocycles. The number of alkyl halides is 2. The second-order valence-corrected chi connectivity index (χ2v) is 21.4. The topological polar surface area (TPSA) is 276 Å². The molecule has 7 aromatic rings. The largest absolute Gasteiger partial charge is 0.508 e. The van der Waals surface area contributed by atoms with Crippen LogP contribution in [0.3, 0.4) is 0 Å². The normalized spacial score (nSPS) is 10.7. The number of rotatable bonds is 19. The number of phenols is 2. The minimum atomic E-state index is -0.545. The van der Waals surface area contributed by atoms with Crippen molar-refractivity contribution in [1.82, 2.24) is 15.0 Å². The number of carbonyl (C=O) groups excluding carboxylic acids is 4. The zero-order chi connectivity index (χ0) is 67.1. The number of aromatic nitrogens is 3. The van der Waals surface area contributed by atoms with Crippen molar-refractivity contribution in [3.63, 3.8) is 0 Å². The smallest absolute Gasteiger partial charge is 0.306 e. The molecule has 4 aromatic carbocycles. The van der Waals surface area contributed by atoms with Crippen molar-refractivity contribution in [3.05, 3.63) is 182 Å². The molecule has 3 heterocycles. The third-order valence-electron chi connectivity index (χ3n) is 10.4. The Morgan fingerprint density at radius 3 is 1.16 bits per heavy atom. The summed E-state index contributed by atoms with van der Waals surface area (Å²) < 4.78 is 74.5. The Labute approximate surface area is 573 Å². The zero-order valence-corrected chi connectivity index (χ0v) is 58.8. The van der Waals surface area contributed by atoms with Gasteiger partial charge >= 0.3 is 11.9 Å². The van der Waals surface area contributed by atoms with Gasteiger partial charge in [0.1, 0.15) is 72.0 Å². The van der Waals surface area contributed by atoms with Gasteiger partial charge in [-0.05, 0) is 190 Å². The van der Waals surface area contributed by atoms with E-state index in [2.05, 4.69) is 30.9 Å². The number of esters is 2. The third-order valence-corrected chi connectivity index (χ3v) is 11.5. The molecule has 0 aliphatic carbocycles. The van der Waals surface area contributed by atoms with Crippen LogP contribution in [0.4, 0.5) is 13.2 Å². The first-order chi connectivity index (χ1) is 42.1. The molecular formula is C65H83B2BrCl2F3N5O13W-2. The fourth-order valence-corrected chi connectivity index (χ4v) is 6.59. The van der Waals surface area contributed by atoms with E-state index in [1.165, 1.54) is 31.2 Å². The molecular weight excluding hydrogens is 1470 g/mol. The molecule has 0 atom stereocenters. The summed E-state index contributed by atoms with van der Waals surface area (Å²) in [7, 11) is 5.00. The number of Topliss-reactive ketones (excluding diaryl/α,β-unsaturated/α-hetero) is 1. The van der Waals surface area contributed by atoms with Crippen molar-refractivity contribution in [2.45, 2.75) is 106 Å². The molecule has 0 saturated carbocycles. The van der Waals surface area contributed by atoms with Crippen LogP contribution in [0, 0.1) is 28.2 Å². The summed E-state index contributed by atoms with van der Waals surface area (Å²) in [5.41, 5.74) is 16.1. The minimum absolute atomic E-state index is 0. The molecule has 3 aromatic heterocycles. The van der Waals surface area contributed by atoms with E-state index in [0.29, 0.717) is 82.2 Å². The molecule has 502 valence electrons. The van der Waals surface area contributed by atoms with E-state index >= 15 is 0 Å². The van der Waals surface area contributed by atoms with Crippen molar-refractivity contribution in [1.29, 1.82) is 0 Å². The van der Waals surface area contributed by atoms with Crippen LogP contribution >= 0.6 is 39.9 Å². The molecule has 27 heteroatoms. The van der Waals surface area contributed by atoms with Crippen molar-refractivity contribution >= 4 is 79.0 Å². The Hall–Kier alpha value is -7.36. The van der Waals surface area contributed by atoms with Crippen molar-refractivity contribution < 1.29 is 95.8 Å². The van der Waals surface area contributed by atoms with Gasteiger partial charge in [0.15, 0.2) is 0 Å². The molecule has 1 amide bonds. The molecule has 7 rings (SSSR count). The number of ether oxygens (including phenoxy) is 4. The second kappa shape index (κ2) is 48.4. The molecule has 2 radical (unpaired) electrons. The molecule has 0 saturated heterocycles. The number of phenolic OH excluding ortho intramolecular Hbond substituents is 2. The first-order valence-corrected chi connectivity index (χ1v) is 28.5. The van der Waals surface area contributed by atoms with Gasteiger partial charge < -0.3 is 61.3 Å². The molecule has 6 N–H and O–H groups in total. The number of aryl methyl sites for hydroxylation is 3. The summed E-state index contributed by atoms with van der Waals surface area (Å²) in [6.45, 7) is 18.2. The first-order valence-electron chi connectivity index (χ1n) is 26.8. The van der Waals surface area contributed by atoms with E-state index in [0.717, 1.165) is 33.8 Å². The van der Waals surface area contributed by atoms with Gasteiger partial charge in [0.05, 0.1) is 42.0 Å². The number of nitrogens with zero attached hydrogens (tertiary/aromatic N) is 3. The Kier molecular flexibility index (Phi) is 46.7. The van der Waals surface area contributed by atoms with E-state index < -0.39 is 17.1 Å². The third kappa shape index (κ3) is 39.8. The summed E-state index contributed by atoms with van der Waals surface area (Å²) in [5.74, 6) is 2.31. The number of allylic oxidation sites excluding steroid dienone is 1. The van der Waals surface area contributed by atoms with Gasteiger partial charge in [-0.1, -0.05) is 23.7 Å². The number of hydrogen-bond donors (Lipinski definition) is 4. The second-order valence-electron chi connectivity index (χ2n) is 20.6. The van der Waals surface area contributed by atoms with Crippen LogP contribution in [0.15, 0.2) is 165 Å². The Morgan fingerprint density at radius 1 is 0.598 bits per heavy atom. The molecule has 0 fully saturated rings. The number of hydrogen-bond acceptors (Lipinski definition) is 17. The van der Waals surface area contributed by atoms with E-state index in [1.54, 1.807) is 109 Å². The minimum Gasteiger partial charge on any atom is -0.508 e. The van der Waals surface area contributed by atoms with Crippen LogP contribution in [-0.2, 0) is 44.9 Å². The van der Waals surface area contributed by atoms with Crippen LogP contribution in [-0.4, -0.2) is 106 Å². The molecule has 0 bridgehead atoms. The van der Waals surface area contributed by atoms with Crippen molar-refractivity contribution in [2.75, 3.05) is 31.0 Å². The van der Waals surface area contributed by atoms with Gasteiger partial charge in [-0.15, -0.1) is 24.0 Å². The molecule has 0 aliphatic rings. The molecule has 0 unspecified atom stereocenters. The number of primary amides is 1. The number of carbonyl (C=O) groups is 4. The summed E-state index contributed by atoms with van der Waals surface area (Å²) in [4.78, 5) is 55.7. The Balaban J connectivity index is -0.00000107. The fourth-order valence-electron chi connectivity index (χ4n) is 6.18. The maximum Gasteiger partial charge on any atom is 0.306 e. The van der Waals surface area contributed by atoms with Crippen LogP contribution < -0.4 is 20.9 Å². The quantitative estimate of drug-likeness (QED) is 0.0253. The van der Waals surface area contributed by atoms with Gasteiger partial charge in [-0.2, -0.15) is 7.74 Å². The van der Waals surface area contributed by atoms with Gasteiger partial charge in [0.25, 0.3) is 0 Å². The average Bonchev–Trinajstić information content (AvgIpc) is 1.94. The number of aromatic hydroxyl groups is 2. The zero-order valence-electron chi connectivity index (χ0n) is 52.7. The molecule has 18 nitrogen and oxygen atoms in total. The number of oxazole rings is 3. The van der Waals surface area contributed by atoms with Crippen molar-refractivity contribution in [2.24, 2.45) is 11.5 Å². The number of benzene rings is 4.